The van der Waals surface area contributed by atoms with Gasteiger partial charge in [-0.05, 0) is 24.9 Å². The lowest BCUT2D eigenvalue weighted by molar-refractivity contribution is 0.348. The highest BCUT2D eigenvalue weighted by atomic mass is 32.2. The van der Waals surface area contributed by atoms with Gasteiger partial charge in [-0.15, -0.1) is 0 Å². The summed E-state index contributed by atoms with van der Waals surface area (Å²) >= 11 is 4.05. The molecule has 1 aliphatic rings. The molecule has 0 nitrogen and oxygen atoms in total. The Kier molecular flexibility index (Phi) is 5.57. The number of rotatable bonds is 4. The fourth-order valence-electron chi connectivity index (χ4n) is 1.98. The molecule has 0 amide bonds. The number of hydrogen-bond acceptors (Lipinski definition) is 2. The van der Waals surface area contributed by atoms with E-state index in [0.29, 0.717) is 0 Å². The normalized spacial score (nSPS) is 20.2. The molecule has 0 bridgehead atoms. The predicted molar refractivity (Wildman–Crippen MR) is 62.0 cm³/mol. The summed E-state index contributed by atoms with van der Waals surface area (Å²) in [5, 5.41) is 0. The van der Waals surface area contributed by atoms with E-state index in [1.807, 2.05) is 23.5 Å². The van der Waals surface area contributed by atoms with E-state index in [2.05, 4.69) is 12.5 Å². The third-order valence-electron chi connectivity index (χ3n) is 2.78. The Bertz CT molecular complexity index is 104. The topological polar surface area (TPSA) is 0 Å². The van der Waals surface area contributed by atoms with Crippen LogP contribution >= 0.6 is 23.5 Å². The van der Waals surface area contributed by atoms with E-state index in [0.717, 1.165) is 10.5 Å². The maximum Gasteiger partial charge on any atom is 0.0499 e. The number of thioether (sulfide) groups is 2. The molecule has 0 aromatic carbocycles. The van der Waals surface area contributed by atoms with Crippen LogP contribution in [0, 0.1) is 5.92 Å². The molecule has 0 aliphatic heterocycles. The molecule has 0 heterocycles. The predicted octanol–water partition coefficient (Wildman–Crippen LogP) is 4.01. The van der Waals surface area contributed by atoms with Crippen molar-refractivity contribution in [2.75, 3.05) is 12.5 Å². The Morgan fingerprint density at radius 1 is 1.08 bits per heavy atom. The van der Waals surface area contributed by atoms with Crippen LogP contribution in [0.15, 0.2) is 0 Å². The Morgan fingerprint density at radius 3 is 2.17 bits per heavy atom. The Morgan fingerprint density at radius 2 is 1.67 bits per heavy atom. The van der Waals surface area contributed by atoms with Gasteiger partial charge in [0.05, 0.1) is 0 Å². The van der Waals surface area contributed by atoms with Gasteiger partial charge in [0.15, 0.2) is 0 Å². The van der Waals surface area contributed by atoms with Gasteiger partial charge in [-0.1, -0.05) is 32.1 Å². The van der Waals surface area contributed by atoms with Crippen molar-refractivity contribution in [3.05, 3.63) is 0 Å². The van der Waals surface area contributed by atoms with Gasteiger partial charge < -0.3 is 0 Å². The van der Waals surface area contributed by atoms with Crippen LogP contribution in [0.2, 0.25) is 0 Å². The Labute approximate surface area is 85.3 Å². The molecule has 0 saturated heterocycles. The highest BCUT2D eigenvalue weighted by molar-refractivity contribution is 8.16. The van der Waals surface area contributed by atoms with Gasteiger partial charge in [-0.2, -0.15) is 23.5 Å². The average molecular weight is 204 g/mol. The molecule has 0 aromatic rings. The molecular weight excluding hydrogens is 184 g/mol. The summed E-state index contributed by atoms with van der Waals surface area (Å²) in [6, 6.07) is 0. The first kappa shape index (κ1) is 10.8. The summed E-state index contributed by atoms with van der Waals surface area (Å²) in [5.74, 6) is 1.05. The van der Waals surface area contributed by atoms with E-state index in [1.54, 1.807) is 0 Å². The smallest absolute Gasteiger partial charge is 0.0499 e. The largest absolute Gasteiger partial charge is 0.151 e. The lowest BCUT2D eigenvalue weighted by Crippen LogP contribution is -2.11. The first-order chi connectivity index (χ1) is 5.86. The van der Waals surface area contributed by atoms with E-state index in [4.69, 9.17) is 0 Å². The van der Waals surface area contributed by atoms with Crippen LogP contribution in [0.1, 0.15) is 38.5 Å². The van der Waals surface area contributed by atoms with Crippen molar-refractivity contribution < 1.29 is 0 Å². The second kappa shape index (κ2) is 6.20. The van der Waals surface area contributed by atoms with Crippen molar-refractivity contribution in [3.63, 3.8) is 0 Å². The summed E-state index contributed by atoms with van der Waals surface area (Å²) < 4.78 is 0.855. The van der Waals surface area contributed by atoms with Crippen LogP contribution in [0.3, 0.4) is 0 Å². The van der Waals surface area contributed by atoms with Gasteiger partial charge in [0, 0.05) is 4.58 Å². The molecule has 0 unspecified atom stereocenters. The molecular formula is C10H20S2. The molecule has 1 fully saturated rings. The van der Waals surface area contributed by atoms with Crippen LogP contribution in [0.5, 0.6) is 0 Å². The highest BCUT2D eigenvalue weighted by Crippen LogP contribution is 2.33. The van der Waals surface area contributed by atoms with Crippen molar-refractivity contribution in [2.45, 2.75) is 43.1 Å². The van der Waals surface area contributed by atoms with Gasteiger partial charge >= 0.3 is 0 Å². The number of hydrogen-bond donors (Lipinski definition) is 0. The first-order valence-electron chi connectivity index (χ1n) is 4.92. The molecule has 0 N–H and O–H groups in total. The SMILES string of the molecule is CSC(CC1CCCCC1)SC. The summed E-state index contributed by atoms with van der Waals surface area (Å²) in [4.78, 5) is 0. The molecule has 0 spiro atoms. The highest BCUT2D eigenvalue weighted by Gasteiger charge is 2.17. The summed E-state index contributed by atoms with van der Waals surface area (Å²) in [6.45, 7) is 0. The van der Waals surface area contributed by atoms with Gasteiger partial charge in [0.1, 0.15) is 0 Å². The minimum absolute atomic E-state index is 0.855. The van der Waals surface area contributed by atoms with Crippen LogP contribution in [0.4, 0.5) is 0 Å². The van der Waals surface area contributed by atoms with E-state index in [1.165, 1.54) is 38.5 Å². The van der Waals surface area contributed by atoms with Gasteiger partial charge in [0.25, 0.3) is 0 Å². The van der Waals surface area contributed by atoms with Gasteiger partial charge in [-0.25, -0.2) is 0 Å². The molecule has 72 valence electrons. The van der Waals surface area contributed by atoms with E-state index in [9.17, 15) is 0 Å². The van der Waals surface area contributed by atoms with Crippen molar-refractivity contribution in [2.24, 2.45) is 5.92 Å². The minimum atomic E-state index is 0.855. The van der Waals surface area contributed by atoms with Gasteiger partial charge in [0.2, 0.25) is 0 Å². The molecule has 0 atom stereocenters. The fourth-order valence-corrected chi connectivity index (χ4v) is 3.68. The standard InChI is InChI=1S/C10H20S2/c1-11-10(12-2)8-9-6-4-3-5-7-9/h9-10H,3-8H2,1-2H3. The van der Waals surface area contributed by atoms with Gasteiger partial charge in [-0.3, -0.25) is 0 Å². The van der Waals surface area contributed by atoms with Crippen LogP contribution in [0.25, 0.3) is 0 Å². The van der Waals surface area contributed by atoms with Crippen molar-refractivity contribution in [1.82, 2.24) is 0 Å². The molecule has 2 heteroatoms. The fraction of sp³-hybridized carbons (Fsp3) is 1.00. The molecule has 1 saturated carbocycles. The lowest BCUT2D eigenvalue weighted by Gasteiger charge is -2.24. The quantitative estimate of drug-likeness (QED) is 0.635. The monoisotopic (exact) mass is 204 g/mol. The first-order valence-corrected chi connectivity index (χ1v) is 7.50. The second-order valence-electron chi connectivity index (χ2n) is 3.64. The van der Waals surface area contributed by atoms with Crippen LogP contribution in [-0.2, 0) is 0 Å². The second-order valence-corrected chi connectivity index (χ2v) is 6.02. The van der Waals surface area contributed by atoms with Crippen LogP contribution in [-0.4, -0.2) is 17.1 Å². The van der Waals surface area contributed by atoms with E-state index >= 15 is 0 Å². The van der Waals surface area contributed by atoms with Crippen LogP contribution < -0.4 is 0 Å². The molecule has 1 aliphatic carbocycles. The molecule has 0 aromatic heterocycles. The summed E-state index contributed by atoms with van der Waals surface area (Å²) in [6.07, 6.45) is 13.4. The Hall–Kier alpha value is 0.700. The Balaban J connectivity index is 2.18. The zero-order valence-corrected chi connectivity index (χ0v) is 9.85. The minimum Gasteiger partial charge on any atom is -0.151 e. The zero-order chi connectivity index (χ0) is 8.81. The van der Waals surface area contributed by atoms with Crippen molar-refractivity contribution in [1.29, 1.82) is 0 Å². The maximum absolute atomic E-state index is 2.24. The molecule has 12 heavy (non-hydrogen) atoms. The van der Waals surface area contributed by atoms with Crippen molar-refractivity contribution >= 4 is 23.5 Å². The van der Waals surface area contributed by atoms with Crippen molar-refractivity contribution in [3.8, 4) is 0 Å². The van der Waals surface area contributed by atoms with E-state index < -0.39 is 0 Å². The third kappa shape index (κ3) is 3.61. The summed E-state index contributed by atoms with van der Waals surface area (Å²) in [7, 11) is 0. The average Bonchev–Trinajstić information content (AvgIpc) is 2.16. The summed E-state index contributed by atoms with van der Waals surface area (Å²) in [5.41, 5.74) is 0. The third-order valence-corrected chi connectivity index (χ3v) is 5.37. The zero-order valence-electron chi connectivity index (χ0n) is 8.21. The van der Waals surface area contributed by atoms with E-state index in [-0.39, 0.29) is 0 Å². The molecule has 1 rings (SSSR count). The maximum atomic E-state index is 2.24. The molecule has 0 radical (unpaired) electrons. The lowest BCUT2D eigenvalue weighted by atomic mass is 9.87.